The number of pyridine rings is 1. The summed E-state index contributed by atoms with van der Waals surface area (Å²) in [5, 5.41) is 14.4. The number of hydrogen-bond donors (Lipinski definition) is 3. The molecule has 4 atom stereocenters. The fraction of sp³-hybridized carbons (Fsp3) is 0.409. The molecule has 0 unspecified atom stereocenters. The van der Waals surface area contributed by atoms with E-state index in [0.717, 1.165) is 5.56 Å². The van der Waals surface area contributed by atoms with Gasteiger partial charge in [0.15, 0.2) is 0 Å². The number of amides is 2. The van der Waals surface area contributed by atoms with Gasteiger partial charge in [-0.25, -0.2) is 0 Å². The first-order chi connectivity index (χ1) is 15.7. The largest absolute Gasteiger partial charge is 0.487 e. The van der Waals surface area contributed by atoms with Crippen molar-refractivity contribution in [2.75, 3.05) is 18.5 Å². The summed E-state index contributed by atoms with van der Waals surface area (Å²) in [5.41, 5.74) is 1.69. The van der Waals surface area contributed by atoms with E-state index in [4.69, 9.17) is 9.47 Å². The van der Waals surface area contributed by atoms with Crippen molar-refractivity contribution in [3.63, 3.8) is 0 Å². The van der Waals surface area contributed by atoms with Crippen LogP contribution in [0.5, 0.6) is 5.75 Å². The van der Waals surface area contributed by atoms with Crippen LogP contribution in [0.2, 0.25) is 0 Å². The summed E-state index contributed by atoms with van der Waals surface area (Å²) >= 11 is 0. The minimum absolute atomic E-state index is 0.262. The van der Waals surface area contributed by atoms with E-state index in [-0.39, 0.29) is 24.9 Å². The normalized spacial score (nSPS) is 23.8. The molecular formula is C22H22F3N3O5. The van der Waals surface area contributed by atoms with Gasteiger partial charge in [-0.2, -0.15) is 13.2 Å². The summed E-state index contributed by atoms with van der Waals surface area (Å²) in [4.78, 5) is 28.3. The molecule has 11 heteroatoms. The van der Waals surface area contributed by atoms with Crippen LogP contribution >= 0.6 is 0 Å². The molecule has 3 N–H and O–H groups in total. The Morgan fingerprint density at radius 2 is 2.06 bits per heavy atom. The average molecular weight is 465 g/mol. The third-order valence-electron chi connectivity index (χ3n) is 5.58. The number of nitrogens with one attached hydrogen (secondary N) is 2. The third-order valence-corrected chi connectivity index (χ3v) is 5.58. The van der Waals surface area contributed by atoms with E-state index in [1.54, 1.807) is 36.5 Å². The van der Waals surface area contributed by atoms with Crippen LogP contribution in [0, 0.1) is 0 Å². The molecule has 0 bridgehead atoms. The van der Waals surface area contributed by atoms with Crippen LogP contribution in [-0.2, 0) is 9.53 Å². The highest BCUT2D eigenvalue weighted by Crippen LogP contribution is 2.47. The maximum Gasteiger partial charge on any atom is 0.405 e. The van der Waals surface area contributed by atoms with Crippen LogP contribution in [0.25, 0.3) is 0 Å². The second kappa shape index (κ2) is 9.36. The van der Waals surface area contributed by atoms with Gasteiger partial charge in [0.2, 0.25) is 5.91 Å². The highest BCUT2D eigenvalue weighted by molar-refractivity contribution is 6.04. The van der Waals surface area contributed by atoms with Gasteiger partial charge in [0, 0.05) is 29.6 Å². The predicted molar refractivity (Wildman–Crippen MR) is 110 cm³/mol. The fourth-order valence-corrected chi connectivity index (χ4v) is 4.14. The van der Waals surface area contributed by atoms with E-state index >= 15 is 0 Å². The molecule has 2 aromatic rings. The molecule has 2 aliphatic heterocycles. The molecule has 176 valence electrons. The quantitative estimate of drug-likeness (QED) is 0.605. The summed E-state index contributed by atoms with van der Waals surface area (Å²) in [7, 11) is 0. The lowest BCUT2D eigenvalue weighted by Crippen LogP contribution is -2.47. The van der Waals surface area contributed by atoms with Crippen molar-refractivity contribution in [3.05, 3.63) is 53.9 Å². The summed E-state index contributed by atoms with van der Waals surface area (Å²) < 4.78 is 48.8. The molecule has 1 aromatic carbocycles. The lowest BCUT2D eigenvalue weighted by atomic mass is 9.84. The highest BCUT2D eigenvalue weighted by atomic mass is 19.4. The van der Waals surface area contributed by atoms with E-state index in [1.807, 2.05) is 5.32 Å². The number of aliphatic hydroxyl groups excluding tert-OH is 1. The molecule has 1 saturated heterocycles. The molecule has 8 nitrogen and oxygen atoms in total. The zero-order chi connectivity index (χ0) is 23.6. The molecule has 4 rings (SSSR count). The Labute approximate surface area is 187 Å². The van der Waals surface area contributed by atoms with Gasteiger partial charge in [-0.1, -0.05) is 0 Å². The number of halogens is 3. The molecule has 2 aliphatic rings. The van der Waals surface area contributed by atoms with Crippen molar-refractivity contribution in [1.29, 1.82) is 0 Å². The Morgan fingerprint density at radius 3 is 2.76 bits per heavy atom. The Balaban J connectivity index is 1.47. The van der Waals surface area contributed by atoms with Crippen LogP contribution in [0.1, 0.15) is 34.7 Å². The number of hydrogen-bond acceptors (Lipinski definition) is 6. The molecule has 0 aliphatic carbocycles. The van der Waals surface area contributed by atoms with Crippen LogP contribution in [-0.4, -0.2) is 59.5 Å². The Morgan fingerprint density at radius 1 is 1.24 bits per heavy atom. The summed E-state index contributed by atoms with van der Waals surface area (Å²) in [6, 6.07) is 8.42. The van der Waals surface area contributed by atoms with E-state index in [0.29, 0.717) is 23.4 Å². The third kappa shape index (κ3) is 5.42. The first kappa shape index (κ1) is 23.0. The first-order valence-electron chi connectivity index (χ1n) is 10.4. The molecule has 3 heterocycles. The maximum atomic E-state index is 12.4. The lowest BCUT2D eigenvalue weighted by molar-refractivity contribution is -0.149. The van der Waals surface area contributed by atoms with Crippen molar-refractivity contribution in [2.24, 2.45) is 0 Å². The van der Waals surface area contributed by atoms with Gasteiger partial charge >= 0.3 is 6.18 Å². The van der Waals surface area contributed by atoms with Crippen LogP contribution in [0.3, 0.4) is 0 Å². The van der Waals surface area contributed by atoms with Crippen LogP contribution in [0.15, 0.2) is 42.7 Å². The van der Waals surface area contributed by atoms with Gasteiger partial charge in [0.05, 0.1) is 24.7 Å². The highest BCUT2D eigenvalue weighted by Gasteiger charge is 2.46. The van der Waals surface area contributed by atoms with Gasteiger partial charge in [-0.3, -0.25) is 14.6 Å². The van der Waals surface area contributed by atoms with Gasteiger partial charge in [0.25, 0.3) is 5.91 Å². The number of ether oxygens (including phenoxy) is 2. The molecule has 1 aromatic heterocycles. The van der Waals surface area contributed by atoms with E-state index < -0.39 is 36.9 Å². The second-order valence-corrected chi connectivity index (χ2v) is 7.95. The van der Waals surface area contributed by atoms with E-state index in [9.17, 15) is 27.9 Å². The molecule has 0 saturated carbocycles. The topological polar surface area (TPSA) is 110 Å². The average Bonchev–Trinajstić information content (AvgIpc) is 3.15. The number of nitrogens with zero attached hydrogens (tertiary/aromatic N) is 1. The Hall–Kier alpha value is -3.18. The number of benzene rings is 1. The number of carbonyl (C=O) groups excluding carboxylic acids is 2. The number of rotatable bonds is 6. The molecule has 0 radical (unpaired) electrons. The molecule has 33 heavy (non-hydrogen) atoms. The van der Waals surface area contributed by atoms with E-state index in [1.165, 1.54) is 6.20 Å². The van der Waals surface area contributed by atoms with Crippen molar-refractivity contribution < 1.29 is 37.3 Å². The van der Waals surface area contributed by atoms with Crippen molar-refractivity contribution in [1.82, 2.24) is 10.3 Å². The van der Waals surface area contributed by atoms with Crippen molar-refractivity contribution >= 4 is 17.5 Å². The van der Waals surface area contributed by atoms with Gasteiger partial charge in [-0.05, 0) is 36.8 Å². The van der Waals surface area contributed by atoms with Gasteiger partial charge in [0.1, 0.15) is 24.5 Å². The van der Waals surface area contributed by atoms with E-state index in [2.05, 4.69) is 10.3 Å². The predicted octanol–water partition coefficient (Wildman–Crippen LogP) is 2.40. The lowest BCUT2D eigenvalue weighted by Gasteiger charge is -2.37. The Bertz CT molecular complexity index is 1020. The van der Waals surface area contributed by atoms with Gasteiger partial charge in [-0.15, -0.1) is 0 Å². The number of alkyl halides is 3. The smallest absolute Gasteiger partial charge is 0.405 e. The Kier molecular flexibility index (Phi) is 6.52. The second-order valence-electron chi connectivity index (χ2n) is 7.95. The zero-order valence-corrected chi connectivity index (χ0v) is 17.3. The number of aliphatic hydroxyl groups is 1. The minimum Gasteiger partial charge on any atom is -0.487 e. The van der Waals surface area contributed by atoms with Crippen LogP contribution < -0.4 is 15.4 Å². The standard InChI is InChI=1S/C22H22F3N3O5/c23-22(24,25)11-27-19(30)8-14-7-16-15-6-13(28-21(31)12-2-1-5-26-9-12)3-4-17(15)33-20(16)18(10-29)32-14/h1-6,9,14,16,18,20,29H,7-8,10-11H2,(H,27,30)(H,28,31)/t14-,16-,18-,20+/m0/s1. The van der Waals surface area contributed by atoms with Crippen LogP contribution in [0.4, 0.5) is 18.9 Å². The molecule has 2 amide bonds. The minimum atomic E-state index is -4.50. The number of fused-ring (bicyclic) bond motifs is 3. The molecule has 0 spiro atoms. The maximum absolute atomic E-state index is 12.4. The van der Waals surface area contributed by atoms with Gasteiger partial charge < -0.3 is 25.2 Å². The number of anilines is 1. The molecular weight excluding hydrogens is 443 g/mol. The summed E-state index contributed by atoms with van der Waals surface area (Å²) in [5.74, 6) is -0.822. The fourth-order valence-electron chi connectivity index (χ4n) is 4.14. The number of carbonyl (C=O) groups is 2. The first-order valence-corrected chi connectivity index (χ1v) is 10.4. The van der Waals surface area contributed by atoms with Crippen molar-refractivity contribution in [2.45, 2.75) is 43.2 Å². The summed E-state index contributed by atoms with van der Waals surface area (Å²) in [6.45, 7) is -1.79. The van der Waals surface area contributed by atoms with Crippen molar-refractivity contribution in [3.8, 4) is 5.75 Å². The molecule has 1 fully saturated rings. The summed E-state index contributed by atoms with van der Waals surface area (Å²) in [6.07, 6.45) is -3.41. The SMILES string of the molecule is O=C(C[C@@H]1C[C@H]2c3cc(NC(=O)c4cccnc4)ccc3O[C@H]2[C@H](CO)O1)NCC(F)(F)F. The number of aromatic nitrogens is 1. The monoisotopic (exact) mass is 465 g/mol. The zero-order valence-electron chi connectivity index (χ0n) is 17.3.